The van der Waals surface area contributed by atoms with Gasteiger partial charge in [0.1, 0.15) is 0 Å². The minimum Gasteiger partial charge on any atom is -0.461 e. The number of furan rings is 1. The third-order valence-electron chi connectivity index (χ3n) is 1.51. The third-order valence-corrected chi connectivity index (χ3v) is 1.51. The predicted molar refractivity (Wildman–Crippen MR) is 42.4 cm³/mol. The first-order valence-corrected chi connectivity index (χ1v) is 3.70. The summed E-state index contributed by atoms with van der Waals surface area (Å²) in [6, 6.07) is 5.26. The predicted octanol–water partition coefficient (Wildman–Crippen LogP) is 2.01. The minimum atomic E-state index is -0.248. The Morgan fingerprint density at radius 3 is 3.08 bits per heavy atom. The Balaban J connectivity index is 2.57. The Hall–Kier alpha value is -1.56. The molecule has 0 aliphatic rings. The van der Waals surface area contributed by atoms with E-state index in [0.29, 0.717) is 5.76 Å². The number of nitriles is 1. The highest BCUT2D eigenvalue weighted by Gasteiger charge is 2.12. The summed E-state index contributed by atoms with van der Waals surface area (Å²) in [4.78, 5) is 11.2. The lowest BCUT2D eigenvalue weighted by Gasteiger charge is -1.97. The summed E-state index contributed by atoms with van der Waals surface area (Å²) in [5, 5.41) is 8.45. The van der Waals surface area contributed by atoms with Crippen molar-refractivity contribution in [3.8, 4) is 6.07 Å². The van der Waals surface area contributed by atoms with E-state index in [4.69, 9.17) is 9.68 Å². The maximum Gasteiger partial charge on any atom is 0.199 e. The molecule has 1 rings (SSSR count). The van der Waals surface area contributed by atoms with Crippen LogP contribution in [0.5, 0.6) is 0 Å². The largest absolute Gasteiger partial charge is 0.461 e. The van der Waals surface area contributed by atoms with Crippen LogP contribution in [0.4, 0.5) is 0 Å². The Labute approximate surface area is 70.6 Å². The van der Waals surface area contributed by atoms with Crippen molar-refractivity contribution in [3.05, 3.63) is 24.2 Å². The number of hydrogen-bond donors (Lipinski definition) is 0. The summed E-state index contributed by atoms with van der Waals surface area (Å²) in [7, 11) is 0. The molecule has 0 aliphatic heterocycles. The van der Waals surface area contributed by atoms with Crippen LogP contribution in [0.2, 0.25) is 0 Å². The van der Waals surface area contributed by atoms with E-state index in [2.05, 4.69) is 0 Å². The average Bonchev–Trinajstić information content (AvgIpc) is 2.56. The number of Topliss-reactive ketones (excluding diaryl/α,β-unsaturated/α-hetero) is 1. The van der Waals surface area contributed by atoms with E-state index in [9.17, 15) is 4.79 Å². The fraction of sp³-hybridized carbons (Fsp3) is 0.333. The van der Waals surface area contributed by atoms with Crippen molar-refractivity contribution in [2.24, 2.45) is 5.92 Å². The first-order valence-electron chi connectivity index (χ1n) is 3.70. The minimum absolute atomic E-state index is 0.117. The van der Waals surface area contributed by atoms with Gasteiger partial charge >= 0.3 is 0 Å². The standard InChI is InChI=1S/C9H9NO2/c1-7(6-10)5-8(11)9-3-2-4-12-9/h2-4,7H,5H2,1H3. The highest BCUT2D eigenvalue weighted by Crippen LogP contribution is 2.09. The molecule has 0 amide bonds. The Kier molecular flexibility index (Phi) is 2.65. The van der Waals surface area contributed by atoms with E-state index in [1.165, 1.54) is 6.26 Å². The van der Waals surface area contributed by atoms with Crippen molar-refractivity contribution in [3.63, 3.8) is 0 Å². The molecule has 0 saturated carbocycles. The molecule has 12 heavy (non-hydrogen) atoms. The summed E-state index contributed by atoms with van der Waals surface area (Å²) in [6.45, 7) is 1.71. The van der Waals surface area contributed by atoms with E-state index in [1.807, 2.05) is 6.07 Å². The van der Waals surface area contributed by atoms with E-state index >= 15 is 0 Å². The van der Waals surface area contributed by atoms with Crippen molar-refractivity contribution in [1.82, 2.24) is 0 Å². The summed E-state index contributed by atoms with van der Waals surface area (Å²) >= 11 is 0. The molecule has 1 aromatic heterocycles. The van der Waals surface area contributed by atoms with Gasteiger partial charge in [-0.05, 0) is 19.1 Å². The monoisotopic (exact) mass is 163 g/mol. The smallest absolute Gasteiger partial charge is 0.199 e. The quantitative estimate of drug-likeness (QED) is 0.640. The Morgan fingerprint density at radius 1 is 1.83 bits per heavy atom. The van der Waals surface area contributed by atoms with E-state index in [0.717, 1.165) is 0 Å². The molecule has 0 radical (unpaired) electrons. The highest BCUT2D eigenvalue weighted by atomic mass is 16.3. The first-order chi connectivity index (χ1) is 5.74. The molecule has 0 N–H and O–H groups in total. The van der Waals surface area contributed by atoms with Crippen LogP contribution in [0.1, 0.15) is 23.9 Å². The van der Waals surface area contributed by atoms with Gasteiger partial charge in [-0.25, -0.2) is 0 Å². The molecule has 0 fully saturated rings. The van der Waals surface area contributed by atoms with Crippen LogP contribution in [0.15, 0.2) is 22.8 Å². The fourth-order valence-corrected chi connectivity index (χ4v) is 0.862. The summed E-state index contributed by atoms with van der Waals surface area (Å²) < 4.78 is 4.88. The van der Waals surface area contributed by atoms with Gasteiger partial charge in [0.05, 0.1) is 18.3 Å². The van der Waals surface area contributed by atoms with Gasteiger partial charge in [-0.2, -0.15) is 5.26 Å². The fourth-order valence-electron chi connectivity index (χ4n) is 0.862. The Morgan fingerprint density at radius 2 is 2.58 bits per heavy atom. The molecule has 1 heterocycles. The van der Waals surface area contributed by atoms with Crippen molar-refractivity contribution in [1.29, 1.82) is 5.26 Å². The van der Waals surface area contributed by atoms with Crippen molar-refractivity contribution < 1.29 is 9.21 Å². The van der Waals surface area contributed by atoms with Gasteiger partial charge < -0.3 is 4.42 Å². The highest BCUT2D eigenvalue weighted by molar-refractivity contribution is 5.93. The summed E-state index contributed by atoms with van der Waals surface area (Å²) in [5.41, 5.74) is 0. The first kappa shape index (κ1) is 8.54. The van der Waals surface area contributed by atoms with Gasteiger partial charge in [-0.3, -0.25) is 4.79 Å². The average molecular weight is 163 g/mol. The lowest BCUT2D eigenvalue weighted by atomic mass is 10.1. The Bertz CT molecular complexity index is 295. The summed E-state index contributed by atoms with van der Waals surface area (Å²) in [6.07, 6.45) is 1.67. The molecule has 0 aliphatic carbocycles. The molecule has 1 aromatic rings. The zero-order valence-corrected chi connectivity index (χ0v) is 6.78. The van der Waals surface area contributed by atoms with Crippen LogP contribution in [0, 0.1) is 17.2 Å². The second-order valence-electron chi connectivity index (χ2n) is 2.63. The number of nitrogens with zero attached hydrogens (tertiary/aromatic N) is 1. The second kappa shape index (κ2) is 3.72. The molecule has 62 valence electrons. The zero-order chi connectivity index (χ0) is 8.97. The molecule has 0 spiro atoms. The van der Waals surface area contributed by atoms with E-state index in [-0.39, 0.29) is 18.1 Å². The topological polar surface area (TPSA) is 54.0 Å². The third kappa shape index (κ3) is 1.96. The van der Waals surface area contributed by atoms with Crippen molar-refractivity contribution in [2.75, 3.05) is 0 Å². The molecular formula is C9H9NO2. The molecule has 3 heteroatoms. The SMILES string of the molecule is CC(C#N)CC(=O)c1ccco1. The number of rotatable bonds is 3. The van der Waals surface area contributed by atoms with Crippen LogP contribution in [0.3, 0.4) is 0 Å². The van der Waals surface area contributed by atoms with Crippen molar-refractivity contribution >= 4 is 5.78 Å². The molecule has 1 unspecified atom stereocenters. The molecule has 0 bridgehead atoms. The lowest BCUT2D eigenvalue weighted by molar-refractivity contribution is 0.0945. The molecule has 1 atom stereocenters. The number of hydrogen-bond acceptors (Lipinski definition) is 3. The van der Waals surface area contributed by atoms with Gasteiger partial charge in [0, 0.05) is 6.42 Å². The number of carbonyl (C=O) groups excluding carboxylic acids is 1. The van der Waals surface area contributed by atoms with Crippen LogP contribution < -0.4 is 0 Å². The van der Waals surface area contributed by atoms with Crippen molar-refractivity contribution in [2.45, 2.75) is 13.3 Å². The lowest BCUT2D eigenvalue weighted by Crippen LogP contribution is -2.02. The van der Waals surface area contributed by atoms with Crippen LogP contribution in [-0.2, 0) is 0 Å². The molecular weight excluding hydrogens is 154 g/mol. The maximum atomic E-state index is 11.2. The molecule has 0 aromatic carbocycles. The normalized spacial score (nSPS) is 12.0. The van der Waals surface area contributed by atoms with E-state index < -0.39 is 0 Å². The zero-order valence-electron chi connectivity index (χ0n) is 6.78. The van der Waals surface area contributed by atoms with Gasteiger partial charge in [-0.1, -0.05) is 0 Å². The number of carbonyl (C=O) groups is 1. The van der Waals surface area contributed by atoms with Crippen LogP contribution in [-0.4, -0.2) is 5.78 Å². The molecule has 3 nitrogen and oxygen atoms in total. The number of ketones is 1. The van der Waals surface area contributed by atoms with Gasteiger partial charge in [-0.15, -0.1) is 0 Å². The van der Waals surface area contributed by atoms with Crippen LogP contribution >= 0.6 is 0 Å². The maximum absolute atomic E-state index is 11.2. The van der Waals surface area contributed by atoms with Gasteiger partial charge in [0.2, 0.25) is 0 Å². The van der Waals surface area contributed by atoms with Crippen LogP contribution in [0.25, 0.3) is 0 Å². The van der Waals surface area contributed by atoms with Gasteiger partial charge in [0.15, 0.2) is 11.5 Å². The second-order valence-corrected chi connectivity index (χ2v) is 2.63. The molecule has 0 saturated heterocycles. The summed E-state index contributed by atoms with van der Waals surface area (Å²) in [5.74, 6) is -0.0336. The van der Waals surface area contributed by atoms with E-state index in [1.54, 1.807) is 19.1 Å². The van der Waals surface area contributed by atoms with Gasteiger partial charge in [0.25, 0.3) is 0 Å².